The number of benzene rings is 2. The molecule has 0 amide bonds. The predicted octanol–water partition coefficient (Wildman–Crippen LogP) is 4.31. The zero-order valence-corrected chi connectivity index (χ0v) is 12.3. The van der Waals surface area contributed by atoms with Crippen molar-refractivity contribution in [1.29, 1.82) is 0 Å². The summed E-state index contributed by atoms with van der Waals surface area (Å²) in [5.74, 6) is -0.951. The van der Waals surface area contributed by atoms with Gasteiger partial charge in [-0.3, -0.25) is 0 Å². The number of nitrogens with zero attached hydrogens (tertiary/aromatic N) is 1. The minimum absolute atomic E-state index is 0.0664. The van der Waals surface area contributed by atoms with Gasteiger partial charge in [0.15, 0.2) is 0 Å². The number of rotatable bonds is 2. The van der Waals surface area contributed by atoms with E-state index in [0.717, 1.165) is 12.8 Å². The maximum atomic E-state index is 14.2. The molecule has 1 aliphatic rings. The van der Waals surface area contributed by atoms with Gasteiger partial charge in [-0.15, -0.1) is 11.6 Å². The monoisotopic (exact) mass is 307 g/mol. The van der Waals surface area contributed by atoms with Crippen LogP contribution in [-0.2, 0) is 18.7 Å². The van der Waals surface area contributed by atoms with Gasteiger partial charge < -0.3 is 4.90 Å². The zero-order chi connectivity index (χ0) is 14.8. The van der Waals surface area contributed by atoms with Crippen molar-refractivity contribution in [3.8, 4) is 0 Å². The summed E-state index contributed by atoms with van der Waals surface area (Å²) in [6, 6.07) is 10.8. The van der Waals surface area contributed by atoms with Gasteiger partial charge in [-0.05, 0) is 41.7 Å². The van der Waals surface area contributed by atoms with Crippen molar-refractivity contribution in [1.82, 2.24) is 0 Å². The van der Waals surface area contributed by atoms with Gasteiger partial charge in [-0.1, -0.05) is 24.3 Å². The first-order valence-corrected chi connectivity index (χ1v) is 7.58. The number of halogens is 3. The fourth-order valence-electron chi connectivity index (χ4n) is 2.89. The molecule has 2 aromatic carbocycles. The van der Waals surface area contributed by atoms with Crippen molar-refractivity contribution in [2.45, 2.75) is 18.7 Å². The van der Waals surface area contributed by atoms with E-state index in [1.165, 1.54) is 23.3 Å². The van der Waals surface area contributed by atoms with Crippen LogP contribution in [-0.4, -0.2) is 13.1 Å². The van der Waals surface area contributed by atoms with Gasteiger partial charge in [0.2, 0.25) is 0 Å². The third-order valence-electron chi connectivity index (χ3n) is 3.97. The van der Waals surface area contributed by atoms with Crippen molar-refractivity contribution < 1.29 is 8.78 Å². The van der Waals surface area contributed by atoms with Crippen LogP contribution in [0, 0.1) is 11.6 Å². The molecule has 1 aliphatic heterocycles. The van der Waals surface area contributed by atoms with E-state index in [-0.39, 0.29) is 11.6 Å². The Hall–Kier alpha value is -1.61. The van der Waals surface area contributed by atoms with E-state index >= 15 is 0 Å². The van der Waals surface area contributed by atoms with Crippen LogP contribution in [0.5, 0.6) is 0 Å². The lowest BCUT2D eigenvalue weighted by atomic mass is 10.0. The Morgan fingerprint density at radius 2 is 1.48 bits per heavy atom. The molecule has 0 unspecified atom stereocenters. The van der Waals surface area contributed by atoms with E-state index in [1.54, 1.807) is 4.90 Å². The Labute approximate surface area is 128 Å². The number of alkyl halides is 1. The molecule has 4 heteroatoms. The van der Waals surface area contributed by atoms with Crippen LogP contribution in [0.2, 0.25) is 0 Å². The first-order chi connectivity index (χ1) is 10.2. The quantitative estimate of drug-likeness (QED) is 0.747. The van der Waals surface area contributed by atoms with Crippen LogP contribution in [0.3, 0.4) is 0 Å². The van der Waals surface area contributed by atoms with Crippen LogP contribution < -0.4 is 4.90 Å². The molecular formula is C17H16ClF2N. The van der Waals surface area contributed by atoms with Crippen LogP contribution >= 0.6 is 11.6 Å². The molecule has 0 saturated heterocycles. The molecule has 1 nitrogen and oxygen atoms in total. The number of anilines is 1. The third kappa shape index (κ3) is 2.88. The van der Waals surface area contributed by atoms with E-state index in [1.807, 2.05) is 12.1 Å². The van der Waals surface area contributed by atoms with Gasteiger partial charge in [0.05, 0.1) is 0 Å². The fraction of sp³-hybridized carbons (Fsp3) is 0.294. The molecule has 0 aliphatic carbocycles. The molecule has 0 N–H and O–H groups in total. The highest BCUT2D eigenvalue weighted by Crippen LogP contribution is 2.28. The fourth-order valence-corrected chi connectivity index (χ4v) is 3.04. The minimum atomic E-state index is -0.531. The molecule has 0 radical (unpaired) electrons. The second-order valence-corrected chi connectivity index (χ2v) is 5.56. The summed E-state index contributed by atoms with van der Waals surface area (Å²) in [5.41, 5.74) is 3.06. The maximum Gasteiger partial charge on any atom is 0.149 e. The van der Waals surface area contributed by atoms with Gasteiger partial charge >= 0.3 is 0 Å². The molecule has 0 spiro atoms. The molecule has 3 rings (SSSR count). The largest absolute Gasteiger partial charge is 0.366 e. The second kappa shape index (κ2) is 6.02. The van der Waals surface area contributed by atoms with Crippen LogP contribution in [0.25, 0.3) is 0 Å². The summed E-state index contributed by atoms with van der Waals surface area (Å²) in [7, 11) is 0. The van der Waals surface area contributed by atoms with E-state index in [4.69, 9.17) is 11.6 Å². The molecule has 0 fully saturated rings. The van der Waals surface area contributed by atoms with E-state index < -0.39 is 11.6 Å². The van der Waals surface area contributed by atoms with E-state index in [9.17, 15) is 8.78 Å². The molecule has 2 aromatic rings. The smallest absolute Gasteiger partial charge is 0.149 e. The lowest BCUT2D eigenvalue weighted by Crippen LogP contribution is -2.28. The average molecular weight is 308 g/mol. The Morgan fingerprint density at radius 3 is 1.95 bits per heavy atom. The standard InChI is InChI=1S/C17H16ClF2N/c18-11-12-9-15(19)17(16(20)10-12)21-7-5-13-3-1-2-4-14(13)6-8-21/h1-4,9-10H,5-8,11H2. The van der Waals surface area contributed by atoms with E-state index in [0.29, 0.717) is 18.7 Å². The first-order valence-electron chi connectivity index (χ1n) is 7.04. The summed E-state index contributed by atoms with van der Waals surface area (Å²) in [5, 5.41) is 0. The molecule has 0 saturated carbocycles. The van der Waals surface area contributed by atoms with Crippen LogP contribution in [0.15, 0.2) is 36.4 Å². The van der Waals surface area contributed by atoms with Gasteiger partial charge in [-0.2, -0.15) is 0 Å². The minimum Gasteiger partial charge on any atom is -0.366 e. The summed E-state index contributed by atoms with van der Waals surface area (Å²) in [6.07, 6.45) is 1.60. The summed E-state index contributed by atoms with van der Waals surface area (Å²) in [4.78, 5) is 1.79. The Kier molecular flexibility index (Phi) is 4.11. The lowest BCUT2D eigenvalue weighted by molar-refractivity contribution is 0.569. The number of hydrogen-bond donors (Lipinski definition) is 0. The topological polar surface area (TPSA) is 3.24 Å². The highest BCUT2D eigenvalue weighted by atomic mass is 35.5. The summed E-state index contributed by atoms with van der Waals surface area (Å²) >= 11 is 5.65. The SMILES string of the molecule is Fc1cc(CCl)cc(F)c1N1CCc2ccccc2CC1. The Balaban J connectivity index is 1.89. The second-order valence-electron chi connectivity index (χ2n) is 5.30. The summed E-state index contributed by atoms with van der Waals surface area (Å²) in [6.45, 7) is 1.23. The Morgan fingerprint density at radius 1 is 0.952 bits per heavy atom. The van der Waals surface area contributed by atoms with Gasteiger partial charge in [0.25, 0.3) is 0 Å². The van der Waals surface area contributed by atoms with Crippen LogP contribution in [0.4, 0.5) is 14.5 Å². The van der Waals surface area contributed by atoms with Gasteiger partial charge in [0, 0.05) is 19.0 Å². The molecule has 0 bridgehead atoms. The summed E-state index contributed by atoms with van der Waals surface area (Å²) < 4.78 is 28.4. The van der Waals surface area contributed by atoms with Crippen molar-refractivity contribution in [3.63, 3.8) is 0 Å². The molecule has 21 heavy (non-hydrogen) atoms. The highest BCUT2D eigenvalue weighted by Gasteiger charge is 2.20. The van der Waals surface area contributed by atoms with Gasteiger partial charge in [-0.25, -0.2) is 8.78 Å². The van der Waals surface area contributed by atoms with Crippen molar-refractivity contribution in [2.24, 2.45) is 0 Å². The zero-order valence-electron chi connectivity index (χ0n) is 11.6. The van der Waals surface area contributed by atoms with Crippen molar-refractivity contribution in [3.05, 3.63) is 64.7 Å². The molecule has 1 heterocycles. The highest BCUT2D eigenvalue weighted by molar-refractivity contribution is 6.17. The number of fused-ring (bicyclic) bond motifs is 1. The first kappa shape index (κ1) is 14.3. The number of hydrogen-bond acceptors (Lipinski definition) is 1. The Bertz CT molecular complexity index is 607. The molecule has 0 atom stereocenters. The third-order valence-corrected chi connectivity index (χ3v) is 4.28. The normalized spacial score (nSPS) is 14.7. The average Bonchev–Trinajstić information content (AvgIpc) is 2.69. The maximum absolute atomic E-state index is 14.2. The predicted molar refractivity (Wildman–Crippen MR) is 82.0 cm³/mol. The van der Waals surface area contributed by atoms with Crippen molar-refractivity contribution >= 4 is 17.3 Å². The molecule has 0 aromatic heterocycles. The lowest BCUT2D eigenvalue weighted by Gasteiger charge is -2.24. The molecular weight excluding hydrogens is 292 g/mol. The van der Waals surface area contributed by atoms with Crippen molar-refractivity contribution in [2.75, 3.05) is 18.0 Å². The molecule has 110 valence electrons. The van der Waals surface area contributed by atoms with Gasteiger partial charge in [0.1, 0.15) is 17.3 Å². The van der Waals surface area contributed by atoms with Crippen LogP contribution in [0.1, 0.15) is 16.7 Å². The van der Waals surface area contributed by atoms with E-state index in [2.05, 4.69) is 12.1 Å².